The molecule has 0 unspecified atom stereocenters. The van der Waals surface area contributed by atoms with Crippen LogP contribution in [-0.4, -0.2) is 49.3 Å². The van der Waals surface area contributed by atoms with E-state index in [2.05, 4.69) is 5.32 Å². The van der Waals surface area contributed by atoms with Crippen LogP contribution in [0, 0.1) is 0 Å². The van der Waals surface area contributed by atoms with E-state index in [1.54, 1.807) is 44.6 Å². The fraction of sp³-hybridized carbons (Fsp3) is 0.227. The van der Waals surface area contributed by atoms with Crippen LogP contribution in [0.3, 0.4) is 0 Å². The number of carbonyl (C=O) groups excluding carboxylic acids is 3. The molecule has 0 saturated carbocycles. The van der Waals surface area contributed by atoms with Crippen LogP contribution < -0.4 is 10.1 Å². The molecule has 0 aromatic heterocycles. The average Bonchev–Trinajstić information content (AvgIpc) is 3.02. The molecule has 0 atom stereocenters. The van der Waals surface area contributed by atoms with Crippen LogP contribution in [0.25, 0.3) is 6.08 Å². The van der Waals surface area contributed by atoms with E-state index in [-0.39, 0.29) is 30.1 Å². The molecule has 1 fully saturated rings. The number of imide groups is 1. The van der Waals surface area contributed by atoms with Gasteiger partial charge in [0, 0.05) is 25.8 Å². The summed E-state index contributed by atoms with van der Waals surface area (Å²) in [5, 5.41) is 2.39. The van der Waals surface area contributed by atoms with Gasteiger partial charge in [-0.1, -0.05) is 24.3 Å². The van der Waals surface area contributed by atoms with Crippen LogP contribution in [-0.2, 0) is 16.1 Å². The zero-order valence-electron chi connectivity index (χ0n) is 16.7. The maximum Gasteiger partial charge on any atom is 0.293 e. The van der Waals surface area contributed by atoms with Crippen LogP contribution >= 0.6 is 11.8 Å². The van der Waals surface area contributed by atoms with Crippen molar-refractivity contribution >= 4 is 34.9 Å². The summed E-state index contributed by atoms with van der Waals surface area (Å²) in [5.41, 5.74) is 2.27. The number of carbonyl (C=O) groups is 3. The molecule has 1 aliphatic rings. The minimum absolute atomic E-state index is 0.109. The molecule has 7 nitrogen and oxygen atoms in total. The van der Waals surface area contributed by atoms with Crippen molar-refractivity contribution in [3.05, 3.63) is 70.1 Å². The van der Waals surface area contributed by atoms with Crippen molar-refractivity contribution in [2.75, 3.05) is 27.3 Å². The van der Waals surface area contributed by atoms with Crippen LogP contribution in [0.15, 0.2) is 53.4 Å². The van der Waals surface area contributed by atoms with Crippen LogP contribution in [0.5, 0.6) is 5.75 Å². The molecule has 1 heterocycles. The number of methoxy groups -OCH3 is 2. The Morgan fingerprint density at radius 1 is 1.07 bits per heavy atom. The van der Waals surface area contributed by atoms with Crippen molar-refractivity contribution in [3.63, 3.8) is 0 Å². The predicted molar refractivity (Wildman–Crippen MR) is 115 cm³/mol. The van der Waals surface area contributed by atoms with Crippen molar-refractivity contribution in [3.8, 4) is 5.75 Å². The molecule has 30 heavy (non-hydrogen) atoms. The molecular formula is C22H22N2O5S. The number of amides is 3. The van der Waals surface area contributed by atoms with E-state index in [0.717, 1.165) is 27.8 Å². The van der Waals surface area contributed by atoms with Gasteiger partial charge >= 0.3 is 0 Å². The summed E-state index contributed by atoms with van der Waals surface area (Å²) in [5.74, 6) is 0.0861. The highest BCUT2D eigenvalue weighted by atomic mass is 32.2. The van der Waals surface area contributed by atoms with Crippen molar-refractivity contribution in [2.24, 2.45) is 0 Å². The number of benzene rings is 2. The third-order valence-electron chi connectivity index (χ3n) is 4.44. The van der Waals surface area contributed by atoms with Gasteiger partial charge < -0.3 is 14.8 Å². The zero-order valence-corrected chi connectivity index (χ0v) is 17.5. The smallest absolute Gasteiger partial charge is 0.293 e. The third kappa shape index (κ3) is 5.28. The van der Waals surface area contributed by atoms with Crippen LogP contribution in [0.1, 0.15) is 21.5 Å². The normalized spacial score (nSPS) is 15.0. The third-order valence-corrected chi connectivity index (χ3v) is 5.34. The summed E-state index contributed by atoms with van der Waals surface area (Å²) >= 11 is 0.891. The van der Waals surface area contributed by atoms with Crippen molar-refractivity contribution in [1.82, 2.24) is 10.2 Å². The number of hydrogen-bond acceptors (Lipinski definition) is 6. The molecule has 2 aromatic carbocycles. The molecule has 0 bridgehead atoms. The number of hydrogen-bond donors (Lipinski definition) is 1. The predicted octanol–water partition coefficient (Wildman–Crippen LogP) is 3.31. The maximum absolute atomic E-state index is 12.6. The number of rotatable bonds is 8. The monoisotopic (exact) mass is 426 g/mol. The first-order valence-corrected chi connectivity index (χ1v) is 10.1. The van der Waals surface area contributed by atoms with Gasteiger partial charge in [0.1, 0.15) is 5.75 Å². The van der Waals surface area contributed by atoms with Crippen molar-refractivity contribution < 1.29 is 23.9 Å². The van der Waals surface area contributed by atoms with Gasteiger partial charge in [-0.05, 0) is 53.2 Å². The standard InChI is InChI=1S/C22H22N2O5S/c1-28-14-16-3-7-17(8-4-16)20(25)23-11-12-24-21(26)19(30-22(24)27)13-15-5-9-18(29-2)10-6-15/h3-10,13H,11-12,14H2,1-2H3,(H,23,25). The van der Waals surface area contributed by atoms with Gasteiger partial charge in [0.15, 0.2) is 0 Å². The average molecular weight is 426 g/mol. The molecular weight excluding hydrogens is 404 g/mol. The molecule has 2 aromatic rings. The topological polar surface area (TPSA) is 84.9 Å². The molecule has 1 aliphatic heterocycles. The van der Waals surface area contributed by atoms with E-state index < -0.39 is 0 Å². The molecule has 3 amide bonds. The summed E-state index contributed by atoms with van der Waals surface area (Å²) < 4.78 is 10.2. The molecule has 0 aliphatic carbocycles. The van der Waals surface area contributed by atoms with Crippen LogP contribution in [0.2, 0.25) is 0 Å². The number of nitrogens with one attached hydrogen (secondary N) is 1. The van der Waals surface area contributed by atoms with Gasteiger partial charge in [-0.2, -0.15) is 0 Å². The second-order valence-corrected chi connectivity index (χ2v) is 7.49. The van der Waals surface area contributed by atoms with E-state index in [0.29, 0.717) is 22.8 Å². The second kappa shape index (κ2) is 10.1. The first kappa shape index (κ1) is 21.6. The minimum Gasteiger partial charge on any atom is -0.497 e. The van der Waals surface area contributed by atoms with E-state index in [9.17, 15) is 14.4 Å². The molecule has 0 spiro atoms. The Hall–Kier alpha value is -3.10. The summed E-state index contributed by atoms with van der Waals surface area (Å²) in [6, 6.07) is 14.2. The van der Waals surface area contributed by atoms with Gasteiger partial charge in [-0.15, -0.1) is 0 Å². The lowest BCUT2D eigenvalue weighted by Gasteiger charge is -2.13. The second-order valence-electron chi connectivity index (χ2n) is 6.49. The van der Waals surface area contributed by atoms with E-state index in [4.69, 9.17) is 9.47 Å². The fourth-order valence-electron chi connectivity index (χ4n) is 2.85. The van der Waals surface area contributed by atoms with E-state index >= 15 is 0 Å². The van der Waals surface area contributed by atoms with Crippen LogP contribution in [0.4, 0.5) is 4.79 Å². The van der Waals surface area contributed by atoms with Crippen molar-refractivity contribution in [2.45, 2.75) is 6.61 Å². The molecule has 1 N–H and O–H groups in total. The number of ether oxygens (including phenoxy) is 2. The molecule has 8 heteroatoms. The summed E-state index contributed by atoms with van der Waals surface area (Å²) in [6.07, 6.45) is 1.67. The summed E-state index contributed by atoms with van der Waals surface area (Å²) in [4.78, 5) is 38.5. The summed E-state index contributed by atoms with van der Waals surface area (Å²) in [7, 11) is 3.19. The van der Waals surface area contributed by atoms with Gasteiger partial charge in [-0.25, -0.2) is 0 Å². The highest BCUT2D eigenvalue weighted by molar-refractivity contribution is 8.18. The first-order chi connectivity index (χ1) is 14.5. The number of thioether (sulfide) groups is 1. The van der Waals surface area contributed by atoms with Crippen molar-refractivity contribution in [1.29, 1.82) is 0 Å². The number of nitrogens with zero attached hydrogens (tertiary/aromatic N) is 1. The maximum atomic E-state index is 12.6. The quantitative estimate of drug-likeness (QED) is 0.652. The Balaban J connectivity index is 1.55. The molecule has 156 valence electrons. The lowest BCUT2D eigenvalue weighted by molar-refractivity contribution is -0.122. The Morgan fingerprint density at radius 2 is 1.77 bits per heavy atom. The SMILES string of the molecule is COCc1ccc(C(=O)NCCN2C(=O)SC(=Cc3ccc(OC)cc3)C2=O)cc1. The van der Waals surface area contributed by atoms with Gasteiger partial charge in [0.05, 0.1) is 18.6 Å². The highest BCUT2D eigenvalue weighted by Gasteiger charge is 2.34. The lowest BCUT2D eigenvalue weighted by atomic mass is 10.1. The lowest BCUT2D eigenvalue weighted by Crippen LogP contribution is -2.37. The van der Waals surface area contributed by atoms with E-state index in [1.165, 1.54) is 0 Å². The molecule has 3 rings (SSSR count). The Bertz CT molecular complexity index is 954. The van der Waals surface area contributed by atoms with Gasteiger partial charge in [0.2, 0.25) is 0 Å². The molecule has 1 saturated heterocycles. The largest absolute Gasteiger partial charge is 0.497 e. The first-order valence-electron chi connectivity index (χ1n) is 9.27. The fourth-order valence-corrected chi connectivity index (χ4v) is 3.71. The zero-order chi connectivity index (χ0) is 21.5. The molecule has 0 radical (unpaired) electrons. The summed E-state index contributed by atoms with van der Waals surface area (Å²) in [6.45, 7) is 0.760. The van der Waals surface area contributed by atoms with Gasteiger partial charge in [0.25, 0.3) is 17.1 Å². The minimum atomic E-state index is -0.362. The Labute approximate surface area is 179 Å². The highest BCUT2D eigenvalue weighted by Crippen LogP contribution is 2.32. The Kier molecular flexibility index (Phi) is 7.26. The Morgan fingerprint density at radius 3 is 2.40 bits per heavy atom. The van der Waals surface area contributed by atoms with Gasteiger partial charge in [-0.3, -0.25) is 19.3 Å². The van der Waals surface area contributed by atoms with E-state index in [1.807, 2.05) is 24.3 Å².